The van der Waals surface area contributed by atoms with Crippen LogP contribution in [-0.2, 0) is 22.6 Å². The van der Waals surface area contributed by atoms with E-state index in [0.29, 0.717) is 49.9 Å². The van der Waals surface area contributed by atoms with Crippen LogP contribution < -0.4 is 19.9 Å². The fourth-order valence-corrected chi connectivity index (χ4v) is 5.29. The summed E-state index contributed by atoms with van der Waals surface area (Å²) in [6.45, 7) is 10.2. The normalized spacial score (nSPS) is 13.7. The van der Waals surface area contributed by atoms with Crippen molar-refractivity contribution in [2.24, 2.45) is 5.41 Å². The SMILES string of the molecule is CCN1C(=O)C(C)(C)C(=O)N(C)c2cc(OCCCc3cc(CNCCN(C)C(=O)c4ccccc4C)ccn3)ccc21.Cl.Cl. The van der Waals surface area contributed by atoms with Gasteiger partial charge >= 0.3 is 0 Å². The Kier molecular flexibility index (Phi) is 13.8. The van der Waals surface area contributed by atoms with E-state index >= 15 is 0 Å². The van der Waals surface area contributed by atoms with Gasteiger partial charge in [-0.25, -0.2) is 0 Å². The van der Waals surface area contributed by atoms with Gasteiger partial charge in [-0.15, -0.1) is 24.8 Å². The highest BCUT2D eigenvalue weighted by Crippen LogP contribution is 2.40. The fourth-order valence-electron chi connectivity index (χ4n) is 5.29. The molecule has 45 heavy (non-hydrogen) atoms. The molecular formula is C34H45Cl2N5O4. The molecule has 0 unspecified atom stereocenters. The van der Waals surface area contributed by atoms with Crippen molar-refractivity contribution in [3.8, 4) is 5.75 Å². The standard InChI is InChI=1S/C34H43N5O4.2ClH/c1-7-39-29-15-14-27(22-30(29)38(6)32(41)34(3,4)33(39)42)43-20-10-12-26-21-25(16-17-36-26)23-35-18-19-37(5)31(40)28-13-9-8-11-24(28)2;;/h8-9,11,13-17,21-22,35H,7,10,12,18-20,23H2,1-6H3;2*1H. The van der Waals surface area contributed by atoms with E-state index in [-0.39, 0.29) is 42.5 Å². The van der Waals surface area contributed by atoms with Gasteiger partial charge in [0.05, 0.1) is 18.0 Å². The molecule has 0 saturated heterocycles. The minimum Gasteiger partial charge on any atom is -0.494 e. The van der Waals surface area contributed by atoms with Crippen LogP contribution >= 0.6 is 24.8 Å². The highest BCUT2D eigenvalue weighted by molar-refractivity contribution is 6.20. The van der Waals surface area contributed by atoms with Gasteiger partial charge in [0.2, 0.25) is 11.8 Å². The predicted molar refractivity (Wildman–Crippen MR) is 184 cm³/mol. The lowest BCUT2D eigenvalue weighted by molar-refractivity contribution is -0.137. The van der Waals surface area contributed by atoms with E-state index in [1.807, 2.05) is 75.6 Å². The van der Waals surface area contributed by atoms with E-state index in [4.69, 9.17) is 4.74 Å². The minimum absolute atomic E-state index is 0. The number of amides is 3. The lowest BCUT2D eigenvalue weighted by Gasteiger charge is -2.27. The summed E-state index contributed by atoms with van der Waals surface area (Å²) in [6.07, 6.45) is 3.36. The quantitative estimate of drug-likeness (QED) is 0.205. The Morgan fingerprint density at radius 2 is 1.76 bits per heavy atom. The molecule has 1 aliphatic heterocycles. The first kappa shape index (κ1) is 37.5. The molecule has 0 radical (unpaired) electrons. The second-order valence-electron chi connectivity index (χ2n) is 11.5. The number of hydrogen-bond donors (Lipinski definition) is 1. The number of halogens is 2. The van der Waals surface area contributed by atoms with E-state index in [9.17, 15) is 14.4 Å². The van der Waals surface area contributed by atoms with Crippen LogP contribution in [0.3, 0.4) is 0 Å². The molecule has 4 rings (SSSR count). The molecular weight excluding hydrogens is 613 g/mol. The zero-order chi connectivity index (χ0) is 31.1. The number of anilines is 2. The van der Waals surface area contributed by atoms with Crippen LogP contribution in [0.25, 0.3) is 0 Å². The van der Waals surface area contributed by atoms with Gasteiger partial charge in [-0.3, -0.25) is 19.4 Å². The second-order valence-corrected chi connectivity index (χ2v) is 11.5. The Balaban J connectivity index is 0.00000353. The lowest BCUT2D eigenvalue weighted by Crippen LogP contribution is -2.47. The van der Waals surface area contributed by atoms with Gasteiger partial charge in [0.25, 0.3) is 5.91 Å². The van der Waals surface area contributed by atoms with Crippen LogP contribution in [0, 0.1) is 12.3 Å². The maximum absolute atomic E-state index is 13.1. The Labute approximate surface area is 279 Å². The van der Waals surface area contributed by atoms with Crippen molar-refractivity contribution in [2.75, 3.05) is 50.1 Å². The topological polar surface area (TPSA) is 95.1 Å². The Morgan fingerprint density at radius 1 is 1.02 bits per heavy atom. The van der Waals surface area contributed by atoms with Crippen molar-refractivity contribution in [1.29, 1.82) is 0 Å². The monoisotopic (exact) mass is 657 g/mol. The molecule has 2 aromatic carbocycles. The second kappa shape index (κ2) is 16.6. The fraction of sp³-hybridized carbons (Fsp3) is 0.412. The van der Waals surface area contributed by atoms with Crippen molar-refractivity contribution >= 4 is 53.9 Å². The maximum atomic E-state index is 13.1. The minimum atomic E-state index is -1.14. The van der Waals surface area contributed by atoms with Crippen LogP contribution in [0.15, 0.2) is 60.8 Å². The van der Waals surface area contributed by atoms with E-state index in [2.05, 4.69) is 16.4 Å². The molecule has 0 saturated carbocycles. The summed E-state index contributed by atoms with van der Waals surface area (Å²) < 4.78 is 6.04. The number of pyridine rings is 1. The average Bonchev–Trinajstić information content (AvgIpc) is 3.05. The zero-order valence-corrected chi connectivity index (χ0v) is 28.6. The summed E-state index contributed by atoms with van der Waals surface area (Å²) in [7, 11) is 3.53. The number of ether oxygens (including phenoxy) is 1. The van der Waals surface area contributed by atoms with Crippen LogP contribution in [0.5, 0.6) is 5.75 Å². The maximum Gasteiger partial charge on any atom is 0.253 e. The molecule has 11 heteroatoms. The summed E-state index contributed by atoms with van der Waals surface area (Å²) >= 11 is 0. The number of rotatable bonds is 12. The zero-order valence-electron chi connectivity index (χ0n) is 27.0. The smallest absolute Gasteiger partial charge is 0.253 e. The molecule has 2 heterocycles. The first-order chi connectivity index (χ1) is 20.5. The lowest BCUT2D eigenvalue weighted by atomic mass is 9.90. The van der Waals surface area contributed by atoms with Crippen LogP contribution in [0.4, 0.5) is 11.4 Å². The molecule has 0 aliphatic carbocycles. The molecule has 244 valence electrons. The van der Waals surface area contributed by atoms with Crippen molar-refractivity contribution < 1.29 is 19.1 Å². The number of benzene rings is 2. The summed E-state index contributed by atoms with van der Waals surface area (Å²) in [4.78, 5) is 48.3. The molecule has 1 aromatic heterocycles. The third-order valence-corrected chi connectivity index (χ3v) is 7.94. The Hall–Kier alpha value is -3.66. The summed E-state index contributed by atoms with van der Waals surface area (Å²) in [5.41, 5.74) is 4.07. The molecule has 3 aromatic rings. The van der Waals surface area contributed by atoms with Gasteiger partial charge in [0, 0.05) is 63.8 Å². The highest BCUT2D eigenvalue weighted by Gasteiger charge is 2.45. The highest BCUT2D eigenvalue weighted by atomic mass is 35.5. The van der Waals surface area contributed by atoms with Gasteiger partial charge in [0.15, 0.2) is 0 Å². The summed E-state index contributed by atoms with van der Waals surface area (Å²) in [5.74, 6) is 0.236. The van der Waals surface area contributed by atoms with E-state index in [1.54, 1.807) is 35.6 Å². The number of fused-ring (bicyclic) bond motifs is 1. The van der Waals surface area contributed by atoms with Gasteiger partial charge in [-0.05, 0) is 82.0 Å². The van der Waals surface area contributed by atoms with Gasteiger partial charge in [0.1, 0.15) is 11.2 Å². The predicted octanol–water partition coefficient (Wildman–Crippen LogP) is 5.46. The number of aryl methyl sites for hydroxylation is 2. The van der Waals surface area contributed by atoms with E-state index < -0.39 is 5.41 Å². The summed E-state index contributed by atoms with van der Waals surface area (Å²) in [6, 6.07) is 17.3. The average molecular weight is 659 g/mol. The van der Waals surface area contributed by atoms with Crippen LogP contribution in [-0.4, -0.2) is 67.9 Å². The number of carbonyl (C=O) groups is 3. The molecule has 3 amide bonds. The number of hydrogen-bond acceptors (Lipinski definition) is 6. The number of carbonyl (C=O) groups excluding carboxylic acids is 3. The third-order valence-electron chi connectivity index (χ3n) is 7.94. The van der Waals surface area contributed by atoms with Gasteiger partial charge < -0.3 is 24.8 Å². The number of likely N-dealkylation sites (N-methyl/N-ethyl adjacent to an activating group) is 1. The van der Waals surface area contributed by atoms with Crippen molar-refractivity contribution in [2.45, 2.75) is 47.1 Å². The number of aromatic nitrogens is 1. The Morgan fingerprint density at radius 3 is 2.47 bits per heavy atom. The van der Waals surface area contributed by atoms with Crippen molar-refractivity contribution in [3.63, 3.8) is 0 Å². The number of nitrogens with one attached hydrogen (secondary N) is 1. The summed E-state index contributed by atoms with van der Waals surface area (Å²) in [5, 5.41) is 3.42. The Bertz CT molecular complexity index is 1480. The molecule has 0 fully saturated rings. The van der Waals surface area contributed by atoms with Crippen molar-refractivity contribution in [3.05, 3.63) is 83.2 Å². The molecule has 0 spiro atoms. The van der Waals surface area contributed by atoms with Crippen LogP contribution in [0.1, 0.15) is 54.4 Å². The molecule has 0 bridgehead atoms. The van der Waals surface area contributed by atoms with Gasteiger partial charge in [-0.1, -0.05) is 18.2 Å². The molecule has 1 N–H and O–H groups in total. The van der Waals surface area contributed by atoms with Crippen molar-refractivity contribution in [1.82, 2.24) is 15.2 Å². The van der Waals surface area contributed by atoms with E-state index in [0.717, 1.165) is 35.2 Å². The van der Waals surface area contributed by atoms with Crippen LogP contribution in [0.2, 0.25) is 0 Å². The first-order valence-corrected chi connectivity index (χ1v) is 14.9. The van der Waals surface area contributed by atoms with E-state index in [1.165, 1.54) is 0 Å². The first-order valence-electron chi connectivity index (χ1n) is 14.9. The molecule has 0 atom stereocenters. The molecule has 1 aliphatic rings. The number of nitrogens with zero attached hydrogens (tertiary/aromatic N) is 4. The molecule has 9 nitrogen and oxygen atoms in total. The van der Waals surface area contributed by atoms with Gasteiger partial charge in [-0.2, -0.15) is 0 Å². The third kappa shape index (κ3) is 8.75. The largest absolute Gasteiger partial charge is 0.494 e.